The van der Waals surface area contributed by atoms with Crippen molar-refractivity contribution in [2.24, 2.45) is 5.92 Å². The van der Waals surface area contributed by atoms with Gasteiger partial charge in [0, 0.05) is 31.4 Å². The van der Waals surface area contributed by atoms with E-state index < -0.39 is 5.60 Å². The summed E-state index contributed by atoms with van der Waals surface area (Å²) in [6, 6.07) is 5.91. The van der Waals surface area contributed by atoms with E-state index in [4.69, 9.17) is 14.2 Å². The molecule has 2 aliphatic rings. The van der Waals surface area contributed by atoms with Crippen LogP contribution in [0.2, 0.25) is 0 Å². The van der Waals surface area contributed by atoms with Gasteiger partial charge in [-0.25, -0.2) is 4.79 Å². The van der Waals surface area contributed by atoms with Crippen molar-refractivity contribution in [3.8, 4) is 11.5 Å². The molecule has 1 fully saturated rings. The van der Waals surface area contributed by atoms with Gasteiger partial charge in [0.2, 0.25) is 0 Å². The van der Waals surface area contributed by atoms with Gasteiger partial charge in [0.25, 0.3) is 0 Å². The molecule has 1 N–H and O–H groups in total. The SMILES string of the molecule is CC(C)(C)OC(=O)N1CCCC(CNc2ccc3c(c2)OCCO3)C1. The zero-order valence-corrected chi connectivity index (χ0v) is 15.3. The summed E-state index contributed by atoms with van der Waals surface area (Å²) in [4.78, 5) is 14.1. The summed E-state index contributed by atoms with van der Waals surface area (Å²) in [6.07, 6.45) is 1.90. The lowest BCUT2D eigenvalue weighted by Gasteiger charge is -2.34. The fraction of sp³-hybridized carbons (Fsp3) is 0.632. The van der Waals surface area contributed by atoms with E-state index in [0.717, 1.165) is 49.7 Å². The molecule has 0 bridgehead atoms. The van der Waals surface area contributed by atoms with Crippen molar-refractivity contribution in [3.05, 3.63) is 18.2 Å². The van der Waals surface area contributed by atoms with Crippen LogP contribution >= 0.6 is 0 Å². The molecule has 3 rings (SSSR count). The molecular formula is C19H28N2O4. The molecule has 6 heteroatoms. The van der Waals surface area contributed by atoms with Gasteiger partial charge in [-0.15, -0.1) is 0 Å². The van der Waals surface area contributed by atoms with Crippen molar-refractivity contribution < 1.29 is 19.0 Å². The number of hydrogen-bond acceptors (Lipinski definition) is 5. The van der Waals surface area contributed by atoms with E-state index in [0.29, 0.717) is 19.1 Å². The molecule has 0 radical (unpaired) electrons. The first-order valence-electron chi connectivity index (χ1n) is 9.02. The lowest BCUT2D eigenvalue weighted by Crippen LogP contribution is -2.44. The first-order valence-corrected chi connectivity index (χ1v) is 9.02. The van der Waals surface area contributed by atoms with Crippen molar-refractivity contribution >= 4 is 11.8 Å². The number of amides is 1. The standard InChI is InChI=1S/C19H28N2O4/c1-19(2,3)25-18(22)21-8-4-5-14(13-21)12-20-15-6-7-16-17(11-15)24-10-9-23-16/h6-7,11,14,20H,4-5,8-10,12-13H2,1-3H3. The van der Waals surface area contributed by atoms with Crippen LogP contribution in [0.4, 0.5) is 10.5 Å². The maximum atomic E-state index is 12.2. The number of carbonyl (C=O) groups is 1. The van der Waals surface area contributed by atoms with Crippen LogP contribution in [0, 0.1) is 5.92 Å². The highest BCUT2D eigenvalue weighted by Gasteiger charge is 2.27. The molecule has 138 valence electrons. The third-order valence-electron chi connectivity index (χ3n) is 4.31. The second-order valence-corrected chi connectivity index (χ2v) is 7.67. The molecule has 1 amide bonds. The van der Waals surface area contributed by atoms with Crippen LogP contribution in [0.1, 0.15) is 33.6 Å². The minimum Gasteiger partial charge on any atom is -0.486 e. The van der Waals surface area contributed by atoms with Crippen molar-refractivity contribution in [2.75, 3.05) is 38.2 Å². The zero-order chi connectivity index (χ0) is 17.9. The number of hydrogen-bond donors (Lipinski definition) is 1. The van der Waals surface area contributed by atoms with Crippen LogP contribution in [0.3, 0.4) is 0 Å². The summed E-state index contributed by atoms with van der Waals surface area (Å²) < 4.78 is 16.6. The number of carbonyl (C=O) groups excluding carboxylic acids is 1. The lowest BCUT2D eigenvalue weighted by molar-refractivity contribution is 0.0172. The lowest BCUT2D eigenvalue weighted by atomic mass is 9.98. The number of rotatable bonds is 3. The quantitative estimate of drug-likeness (QED) is 0.906. The Balaban J connectivity index is 1.52. The molecule has 25 heavy (non-hydrogen) atoms. The van der Waals surface area contributed by atoms with Crippen molar-refractivity contribution in [1.29, 1.82) is 0 Å². The third-order valence-corrected chi connectivity index (χ3v) is 4.31. The van der Waals surface area contributed by atoms with Gasteiger partial charge in [-0.05, 0) is 51.7 Å². The molecule has 1 aromatic carbocycles. The largest absolute Gasteiger partial charge is 0.486 e. The maximum Gasteiger partial charge on any atom is 0.410 e. The predicted molar refractivity (Wildman–Crippen MR) is 96.5 cm³/mol. The molecule has 0 saturated carbocycles. The molecule has 6 nitrogen and oxygen atoms in total. The Kier molecular flexibility index (Phi) is 5.25. The Labute approximate surface area is 149 Å². The molecule has 0 spiro atoms. The van der Waals surface area contributed by atoms with Gasteiger partial charge in [-0.1, -0.05) is 0 Å². The summed E-state index contributed by atoms with van der Waals surface area (Å²) >= 11 is 0. The molecule has 1 aromatic rings. The number of ether oxygens (including phenoxy) is 3. The summed E-state index contributed by atoms with van der Waals surface area (Å²) in [5, 5.41) is 3.46. The van der Waals surface area contributed by atoms with E-state index in [1.807, 2.05) is 43.9 Å². The third kappa shape index (κ3) is 4.94. The van der Waals surface area contributed by atoms with Crippen LogP contribution in [0.15, 0.2) is 18.2 Å². The Hall–Kier alpha value is -2.11. The first-order chi connectivity index (χ1) is 11.9. The summed E-state index contributed by atoms with van der Waals surface area (Å²) in [7, 11) is 0. The van der Waals surface area contributed by atoms with Crippen LogP contribution in [-0.2, 0) is 4.74 Å². The van der Waals surface area contributed by atoms with Gasteiger partial charge in [0.05, 0.1) is 0 Å². The number of fused-ring (bicyclic) bond motifs is 1. The highest BCUT2D eigenvalue weighted by atomic mass is 16.6. The van der Waals surface area contributed by atoms with Crippen LogP contribution < -0.4 is 14.8 Å². The van der Waals surface area contributed by atoms with Gasteiger partial charge in [-0.3, -0.25) is 0 Å². The molecule has 1 atom stereocenters. The van der Waals surface area contributed by atoms with E-state index in [1.165, 1.54) is 0 Å². The van der Waals surface area contributed by atoms with Crippen molar-refractivity contribution in [3.63, 3.8) is 0 Å². The van der Waals surface area contributed by atoms with Gasteiger partial charge in [-0.2, -0.15) is 0 Å². The second kappa shape index (κ2) is 7.42. The van der Waals surface area contributed by atoms with Crippen LogP contribution in [0.5, 0.6) is 11.5 Å². The zero-order valence-electron chi connectivity index (χ0n) is 15.3. The van der Waals surface area contributed by atoms with Gasteiger partial charge in [0.15, 0.2) is 11.5 Å². The van der Waals surface area contributed by atoms with Crippen molar-refractivity contribution in [1.82, 2.24) is 4.90 Å². The van der Waals surface area contributed by atoms with E-state index in [2.05, 4.69) is 5.32 Å². The molecule has 1 unspecified atom stereocenters. The molecule has 1 saturated heterocycles. The average Bonchev–Trinajstić information content (AvgIpc) is 2.58. The number of piperidine rings is 1. The first kappa shape index (κ1) is 17.7. The van der Waals surface area contributed by atoms with Crippen LogP contribution in [-0.4, -0.2) is 49.4 Å². The molecule has 2 aliphatic heterocycles. The Bertz CT molecular complexity index is 612. The smallest absolute Gasteiger partial charge is 0.410 e. The van der Waals surface area contributed by atoms with Gasteiger partial charge < -0.3 is 24.4 Å². The molecule has 0 aromatic heterocycles. The summed E-state index contributed by atoms with van der Waals surface area (Å²) in [5.41, 5.74) is 0.562. The fourth-order valence-electron chi connectivity index (χ4n) is 3.14. The second-order valence-electron chi connectivity index (χ2n) is 7.67. The Morgan fingerprint density at radius 3 is 2.80 bits per heavy atom. The van der Waals surface area contributed by atoms with E-state index >= 15 is 0 Å². The highest BCUT2D eigenvalue weighted by molar-refractivity contribution is 5.68. The van der Waals surface area contributed by atoms with E-state index in [-0.39, 0.29) is 6.09 Å². The monoisotopic (exact) mass is 348 g/mol. The molecular weight excluding hydrogens is 320 g/mol. The van der Waals surface area contributed by atoms with E-state index in [9.17, 15) is 4.79 Å². The number of benzene rings is 1. The maximum absolute atomic E-state index is 12.2. The fourth-order valence-corrected chi connectivity index (χ4v) is 3.14. The number of nitrogens with zero attached hydrogens (tertiary/aromatic N) is 1. The average molecular weight is 348 g/mol. The predicted octanol–water partition coefficient (Wildman–Crippen LogP) is 3.52. The van der Waals surface area contributed by atoms with E-state index in [1.54, 1.807) is 0 Å². The van der Waals surface area contributed by atoms with Crippen LogP contribution in [0.25, 0.3) is 0 Å². The topological polar surface area (TPSA) is 60.0 Å². The molecule has 0 aliphatic carbocycles. The minimum absolute atomic E-state index is 0.212. The number of anilines is 1. The summed E-state index contributed by atoms with van der Waals surface area (Å²) in [5.74, 6) is 2.00. The van der Waals surface area contributed by atoms with Crippen molar-refractivity contribution in [2.45, 2.75) is 39.2 Å². The minimum atomic E-state index is -0.451. The number of likely N-dealkylation sites (tertiary alicyclic amines) is 1. The molecule has 2 heterocycles. The van der Waals surface area contributed by atoms with Gasteiger partial charge >= 0.3 is 6.09 Å². The summed E-state index contributed by atoms with van der Waals surface area (Å²) in [6.45, 7) is 9.20. The number of nitrogens with one attached hydrogen (secondary N) is 1. The van der Waals surface area contributed by atoms with Gasteiger partial charge in [0.1, 0.15) is 18.8 Å². The normalized spacial score (nSPS) is 20.1. The highest BCUT2D eigenvalue weighted by Crippen LogP contribution is 2.32. The Morgan fingerprint density at radius 1 is 1.28 bits per heavy atom. The Morgan fingerprint density at radius 2 is 2.04 bits per heavy atom.